The Hall–Kier alpha value is -2.34. The molecular formula is C18H19BrN2O3. The molecule has 24 heavy (non-hydrogen) atoms. The summed E-state index contributed by atoms with van der Waals surface area (Å²) in [6.07, 6.45) is 0.0953. The number of benzene rings is 2. The van der Waals surface area contributed by atoms with Crippen molar-refractivity contribution >= 4 is 33.4 Å². The largest absolute Gasteiger partial charge is 0.491 e. The number of ether oxygens (including phenoxy) is 1. The summed E-state index contributed by atoms with van der Waals surface area (Å²) < 4.78 is 6.22. The first-order valence-electron chi connectivity index (χ1n) is 7.55. The molecule has 126 valence electrons. The lowest BCUT2D eigenvalue weighted by molar-refractivity contribution is -0.115. The molecular weight excluding hydrogens is 372 g/mol. The lowest BCUT2D eigenvalue weighted by Gasteiger charge is -2.11. The Balaban J connectivity index is 1.85. The maximum absolute atomic E-state index is 12.0. The van der Waals surface area contributed by atoms with Gasteiger partial charge in [-0.2, -0.15) is 0 Å². The normalized spacial score (nSPS) is 10.3. The van der Waals surface area contributed by atoms with Gasteiger partial charge in [0.05, 0.1) is 18.2 Å². The molecule has 2 N–H and O–H groups in total. The molecule has 0 aliphatic rings. The van der Waals surface area contributed by atoms with E-state index in [4.69, 9.17) is 4.74 Å². The van der Waals surface area contributed by atoms with Crippen LogP contribution in [0.5, 0.6) is 5.75 Å². The van der Waals surface area contributed by atoms with Crippen molar-refractivity contribution in [2.75, 3.05) is 11.9 Å². The second kappa shape index (κ2) is 8.49. The highest BCUT2D eigenvalue weighted by atomic mass is 79.9. The van der Waals surface area contributed by atoms with E-state index in [9.17, 15) is 9.59 Å². The van der Waals surface area contributed by atoms with Gasteiger partial charge in [-0.3, -0.25) is 9.59 Å². The summed E-state index contributed by atoms with van der Waals surface area (Å²) in [6.45, 7) is 3.79. The molecule has 0 bridgehead atoms. The van der Waals surface area contributed by atoms with Crippen molar-refractivity contribution in [1.82, 2.24) is 5.32 Å². The number of rotatable bonds is 6. The van der Waals surface area contributed by atoms with Crippen molar-refractivity contribution in [2.45, 2.75) is 20.0 Å². The Kier molecular flexibility index (Phi) is 6.37. The van der Waals surface area contributed by atoms with Gasteiger partial charge in [-0.1, -0.05) is 12.1 Å². The highest BCUT2D eigenvalue weighted by Crippen LogP contribution is 2.17. The standard InChI is InChI=1S/C18H19BrN2O3/c1-12(2)24-14-9-7-13(8-10-14)21-17(22)11-20-18(23)15-5-3-4-6-16(15)19/h3-10,12H,11H2,1-2H3,(H,20,23)(H,21,22). The Morgan fingerprint density at radius 2 is 1.75 bits per heavy atom. The fourth-order valence-electron chi connectivity index (χ4n) is 2.00. The minimum Gasteiger partial charge on any atom is -0.491 e. The number of anilines is 1. The van der Waals surface area contributed by atoms with Gasteiger partial charge in [0.25, 0.3) is 5.91 Å². The molecule has 5 nitrogen and oxygen atoms in total. The summed E-state index contributed by atoms with van der Waals surface area (Å²) in [5.41, 5.74) is 1.13. The van der Waals surface area contributed by atoms with E-state index in [0.717, 1.165) is 5.75 Å². The van der Waals surface area contributed by atoms with Gasteiger partial charge in [0.2, 0.25) is 5.91 Å². The highest BCUT2D eigenvalue weighted by molar-refractivity contribution is 9.10. The zero-order valence-corrected chi connectivity index (χ0v) is 15.1. The Morgan fingerprint density at radius 1 is 1.08 bits per heavy atom. The van der Waals surface area contributed by atoms with E-state index in [0.29, 0.717) is 15.7 Å². The SMILES string of the molecule is CC(C)Oc1ccc(NC(=O)CNC(=O)c2ccccc2Br)cc1. The van der Waals surface area contributed by atoms with Gasteiger partial charge in [0, 0.05) is 10.2 Å². The Bertz CT molecular complexity index is 714. The van der Waals surface area contributed by atoms with Crippen molar-refractivity contribution in [3.8, 4) is 5.75 Å². The predicted molar refractivity (Wildman–Crippen MR) is 97.3 cm³/mol. The van der Waals surface area contributed by atoms with E-state index in [1.165, 1.54) is 0 Å². The summed E-state index contributed by atoms with van der Waals surface area (Å²) in [6, 6.07) is 14.1. The highest BCUT2D eigenvalue weighted by Gasteiger charge is 2.11. The van der Waals surface area contributed by atoms with Crippen LogP contribution in [0.15, 0.2) is 53.0 Å². The molecule has 2 aromatic rings. The van der Waals surface area contributed by atoms with Crippen LogP contribution in [-0.2, 0) is 4.79 Å². The number of nitrogens with one attached hydrogen (secondary N) is 2. The average molecular weight is 391 g/mol. The van der Waals surface area contributed by atoms with E-state index in [1.807, 2.05) is 19.9 Å². The molecule has 0 radical (unpaired) electrons. The molecule has 0 atom stereocenters. The molecule has 0 saturated carbocycles. The topological polar surface area (TPSA) is 67.4 Å². The van der Waals surface area contributed by atoms with Crippen LogP contribution >= 0.6 is 15.9 Å². The second-order valence-electron chi connectivity index (χ2n) is 5.40. The smallest absolute Gasteiger partial charge is 0.252 e. The molecule has 0 aliphatic heterocycles. The second-order valence-corrected chi connectivity index (χ2v) is 6.26. The molecule has 0 saturated heterocycles. The van der Waals surface area contributed by atoms with Gasteiger partial charge in [0.15, 0.2) is 0 Å². The van der Waals surface area contributed by atoms with E-state index in [2.05, 4.69) is 26.6 Å². The third-order valence-corrected chi connectivity index (χ3v) is 3.73. The van der Waals surface area contributed by atoms with Crippen molar-refractivity contribution in [3.63, 3.8) is 0 Å². The predicted octanol–water partition coefficient (Wildman–Crippen LogP) is 3.60. The van der Waals surface area contributed by atoms with E-state index in [1.54, 1.807) is 42.5 Å². The minimum atomic E-state index is -0.307. The molecule has 0 unspecified atom stereocenters. The van der Waals surface area contributed by atoms with Gasteiger partial charge in [0.1, 0.15) is 5.75 Å². The van der Waals surface area contributed by atoms with E-state index in [-0.39, 0.29) is 24.5 Å². The van der Waals surface area contributed by atoms with Gasteiger partial charge in [-0.05, 0) is 66.2 Å². The van der Waals surface area contributed by atoms with Crippen LogP contribution in [0.3, 0.4) is 0 Å². The fraction of sp³-hybridized carbons (Fsp3) is 0.222. The molecule has 0 aliphatic carbocycles. The van der Waals surface area contributed by atoms with Crippen LogP contribution < -0.4 is 15.4 Å². The maximum Gasteiger partial charge on any atom is 0.252 e. The van der Waals surface area contributed by atoms with Crippen LogP contribution in [0.25, 0.3) is 0 Å². The summed E-state index contributed by atoms with van der Waals surface area (Å²) in [4.78, 5) is 24.0. The molecule has 2 amide bonds. The molecule has 0 aromatic heterocycles. The van der Waals surface area contributed by atoms with Crippen molar-refractivity contribution in [2.24, 2.45) is 0 Å². The number of carbonyl (C=O) groups excluding carboxylic acids is 2. The monoisotopic (exact) mass is 390 g/mol. The lowest BCUT2D eigenvalue weighted by Crippen LogP contribution is -2.33. The number of amides is 2. The van der Waals surface area contributed by atoms with Crippen molar-refractivity contribution in [3.05, 3.63) is 58.6 Å². The molecule has 0 fully saturated rings. The third-order valence-electron chi connectivity index (χ3n) is 3.04. The zero-order valence-electron chi connectivity index (χ0n) is 13.5. The van der Waals surface area contributed by atoms with Crippen LogP contribution in [-0.4, -0.2) is 24.5 Å². The van der Waals surface area contributed by atoms with Gasteiger partial charge < -0.3 is 15.4 Å². The van der Waals surface area contributed by atoms with Gasteiger partial charge in [-0.15, -0.1) is 0 Å². The number of hydrogen-bond acceptors (Lipinski definition) is 3. The summed E-state index contributed by atoms with van der Waals surface area (Å²) in [5.74, 6) is 0.136. The number of hydrogen-bond donors (Lipinski definition) is 2. The first kappa shape index (κ1) is 18.0. The first-order chi connectivity index (χ1) is 11.5. The third kappa shape index (κ3) is 5.38. The van der Waals surface area contributed by atoms with Gasteiger partial charge in [-0.25, -0.2) is 0 Å². The Morgan fingerprint density at radius 3 is 2.38 bits per heavy atom. The fourth-order valence-corrected chi connectivity index (χ4v) is 2.46. The van der Waals surface area contributed by atoms with E-state index >= 15 is 0 Å². The summed E-state index contributed by atoms with van der Waals surface area (Å²) in [5, 5.41) is 5.31. The van der Waals surface area contributed by atoms with Crippen LogP contribution in [0.1, 0.15) is 24.2 Å². The summed E-state index contributed by atoms with van der Waals surface area (Å²) in [7, 11) is 0. The Labute approximate surface area is 149 Å². The number of carbonyl (C=O) groups is 2. The van der Waals surface area contributed by atoms with Crippen LogP contribution in [0.4, 0.5) is 5.69 Å². The first-order valence-corrected chi connectivity index (χ1v) is 8.34. The number of halogens is 1. The molecule has 6 heteroatoms. The molecule has 2 aromatic carbocycles. The van der Waals surface area contributed by atoms with Gasteiger partial charge >= 0.3 is 0 Å². The lowest BCUT2D eigenvalue weighted by atomic mass is 10.2. The average Bonchev–Trinajstić information content (AvgIpc) is 2.54. The van der Waals surface area contributed by atoms with Crippen LogP contribution in [0.2, 0.25) is 0 Å². The zero-order chi connectivity index (χ0) is 17.5. The van der Waals surface area contributed by atoms with Crippen molar-refractivity contribution < 1.29 is 14.3 Å². The molecule has 2 rings (SSSR count). The molecule has 0 spiro atoms. The quantitative estimate of drug-likeness (QED) is 0.791. The maximum atomic E-state index is 12.0. The minimum absolute atomic E-state index is 0.0953. The van der Waals surface area contributed by atoms with Crippen LogP contribution in [0, 0.1) is 0 Å². The van der Waals surface area contributed by atoms with E-state index < -0.39 is 0 Å². The summed E-state index contributed by atoms with van der Waals surface area (Å²) >= 11 is 3.31. The van der Waals surface area contributed by atoms with Crippen molar-refractivity contribution in [1.29, 1.82) is 0 Å². The molecule has 0 heterocycles.